The van der Waals surface area contributed by atoms with Crippen molar-refractivity contribution in [2.75, 3.05) is 6.61 Å². The van der Waals surface area contributed by atoms with Gasteiger partial charge in [0.25, 0.3) is 11.8 Å². The van der Waals surface area contributed by atoms with Crippen molar-refractivity contribution >= 4 is 17.8 Å². The highest BCUT2D eigenvalue weighted by Crippen LogP contribution is 2.34. The third-order valence-electron chi connectivity index (χ3n) is 4.99. The van der Waals surface area contributed by atoms with Crippen molar-refractivity contribution in [1.29, 1.82) is 0 Å². The quantitative estimate of drug-likeness (QED) is 0.456. The molecule has 2 amide bonds. The molecule has 0 aliphatic carbocycles. The fourth-order valence-electron chi connectivity index (χ4n) is 3.34. The largest absolute Gasteiger partial charge is 0.393 e. The predicted molar refractivity (Wildman–Crippen MR) is 90.6 cm³/mol. The van der Waals surface area contributed by atoms with E-state index in [1.807, 2.05) is 20.8 Å². The molecule has 2 saturated heterocycles. The monoisotopic (exact) mass is 371 g/mol. The molecule has 2 aliphatic rings. The van der Waals surface area contributed by atoms with Crippen LogP contribution in [0.2, 0.25) is 0 Å². The molecule has 2 rings (SSSR count). The zero-order valence-electron chi connectivity index (χ0n) is 15.9. The van der Waals surface area contributed by atoms with Gasteiger partial charge in [-0.2, -0.15) is 0 Å². The van der Waals surface area contributed by atoms with Crippen molar-refractivity contribution in [3.8, 4) is 0 Å². The van der Waals surface area contributed by atoms with E-state index in [2.05, 4.69) is 0 Å². The van der Waals surface area contributed by atoms with E-state index in [0.717, 1.165) is 6.42 Å². The summed E-state index contributed by atoms with van der Waals surface area (Å²) in [5.74, 6) is -1.78. The van der Waals surface area contributed by atoms with Crippen molar-refractivity contribution in [3.05, 3.63) is 0 Å². The van der Waals surface area contributed by atoms with Gasteiger partial charge >= 0.3 is 5.97 Å². The number of imide groups is 1. The Labute approximate surface area is 153 Å². The Hall–Kier alpha value is -1.51. The lowest BCUT2D eigenvalue weighted by molar-refractivity contribution is -0.200. The minimum absolute atomic E-state index is 0.0571. The number of hydrogen-bond acceptors (Lipinski definition) is 7. The second-order valence-corrected chi connectivity index (χ2v) is 7.47. The van der Waals surface area contributed by atoms with E-state index in [1.165, 1.54) is 0 Å². The molecule has 26 heavy (non-hydrogen) atoms. The second kappa shape index (κ2) is 8.45. The number of carbonyl (C=O) groups is 3. The van der Waals surface area contributed by atoms with Crippen molar-refractivity contribution < 1.29 is 33.8 Å². The maximum absolute atomic E-state index is 12.2. The number of carbonyl (C=O) groups excluding carboxylic acids is 3. The molecule has 5 atom stereocenters. The zero-order chi connectivity index (χ0) is 19.5. The average Bonchev–Trinajstić information content (AvgIpc) is 3.18. The van der Waals surface area contributed by atoms with Crippen LogP contribution in [0.1, 0.15) is 59.8 Å². The zero-order valence-corrected chi connectivity index (χ0v) is 15.9. The molecule has 148 valence electrons. The predicted octanol–water partition coefficient (Wildman–Crippen LogP) is 1.34. The van der Waals surface area contributed by atoms with E-state index in [4.69, 9.17) is 14.3 Å². The number of hydrogen-bond donors (Lipinski definition) is 1. The van der Waals surface area contributed by atoms with Gasteiger partial charge in [0, 0.05) is 25.2 Å². The summed E-state index contributed by atoms with van der Waals surface area (Å²) in [7, 11) is 0. The van der Waals surface area contributed by atoms with Crippen LogP contribution in [0.25, 0.3) is 0 Å². The first kappa shape index (κ1) is 20.8. The summed E-state index contributed by atoms with van der Waals surface area (Å²) in [6, 6.07) is 0. The van der Waals surface area contributed by atoms with Crippen LogP contribution in [0.3, 0.4) is 0 Å². The van der Waals surface area contributed by atoms with Crippen LogP contribution in [0, 0.1) is 5.92 Å². The van der Waals surface area contributed by atoms with Gasteiger partial charge in [-0.3, -0.25) is 9.59 Å². The van der Waals surface area contributed by atoms with Gasteiger partial charge in [0.05, 0.1) is 36.9 Å². The van der Waals surface area contributed by atoms with E-state index in [0.29, 0.717) is 18.1 Å². The summed E-state index contributed by atoms with van der Waals surface area (Å²) < 4.78 is 11.4. The summed E-state index contributed by atoms with van der Waals surface area (Å²) in [5.41, 5.74) is -0.337. The van der Waals surface area contributed by atoms with Gasteiger partial charge in [-0.15, -0.1) is 5.06 Å². The number of epoxide rings is 1. The highest BCUT2D eigenvalue weighted by atomic mass is 16.7. The SMILES string of the molecule is CC[C@@H](C(C)O)[C@H](C)O[C@H](CC(=O)ON1C(=O)CCC1=O)C[C@]1(C)CO1. The normalized spacial score (nSPS) is 27.2. The molecule has 2 aliphatic heterocycles. The molecule has 8 heteroatoms. The number of aliphatic hydroxyl groups is 1. The Morgan fingerprint density at radius 1 is 1.31 bits per heavy atom. The average molecular weight is 371 g/mol. The lowest BCUT2D eigenvalue weighted by Crippen LogP contribution is -2.37. The maximum Gasteiger partial charge on any atom is 0.335 e. The van der Waals surface area contributed by atoms with Gasteiger partial charge in [-0.25, -0.2) is 4.79 Å². The van der Waals surface area contributed by atoms with E-state index >= 15 is 0 Å². The van der Waals surface area contributed by atoms with E-state index in [9.17, 15) is 19.5 Å². The van der Waals surface area contributed by atoms with Crippen molar-refractivity contribution in [3.63, 3.8) is 0 Å². The van der Waals surface area contributed by atoms with Crippen LogP contribution >= 0.6 is 0 Å². The maximum atomic E-state index is 12.2. The number of rotatable bonds is 10. The smallest absolute Gasteiger partial charge is 0.335 e. The Kier molecular flexibility index (Phi) is 6.76. The summed E-state index contributed by atoms with van der Waals surface area (Å²) in [6.07, 6.45) is -0.0545. The van der Waals surface area contributed by atoms with Crippen LogP contribution < -0.4 is 0 Å². The molecular weight excluding hydrogens is 342 g/mol. The molecule has 0 saturated carbocycles. The van der Waals surface area contributed by atoms with E-state index in [1.54, 1.807) is 6.92 Å². The number of aliphatic hydroxyl groups excluding tert-OH is 1. The minimum Gasteiger partial charge on any atom is -0.393 e. The lowest BCUT2D eigenvalue weighted by atomic mass is 9.94. The van der Waals surface area contributed by atoms with Crippen molar-refractivity contribution in [1.82, 2.24) is 5.06 Å². The molecule has 0 aromatic heterocycles. The topological polar surface area (TPSA) is 106 Å². The Morgan fingerprint density at radius 2 is 1.88 bits per heavy atom. The standard InChI is InChI=1S/C18H29NO7/c1-5-14(11(2)20)12(3)25-13(9-18(4)10-24-18)8-17(23)26-19-15(21)6-7-16(19)22/h11-14,20H,5-10H2,1-4H3/t11?,12-,13+,14-,18+/m0/s1. The number of ether oxygens (including phenoxy) is 2. The van der Waals surface area contributed by atoms with Gasteiger partial charge < -0.3 is 19.4 Å². The Morgan fingerprint density at radius 3 is 2.35 bits per heavy atom. The molecule has 8 nitrogen and oxygen atoms in total. The molecule has 0 radical (unpaired) electrons. The number of nitrogens with zero attached hydrogens (tertiary/aromatic N) is 1. The van der Waals surface area contributed by atoms with Gasteiger partial charge in [0.15, 0.2) is 0 Å². The molecule has 0 spiro atoms. The minimum atomic E-state index is -0.694. The van der Waals surface area contributed by atoms with Crippen LogP contribution in [0.4, 0.5) is 0 Å². The van der Waals surface area contributed by atoms with Crippen molar-refractivity contribution in [2.24, 2.45) is 5.92 Å². The fraction of sp³-hybridized carbons (Fsp3) is 0.833. The number of hydroxylamine groups is 2. The van der Waals surface area contributed by atoms with Gasteiger partial charge in [0.2, 0.25) is 0 Å². The van der Waals surface area contributed by atoms with Crippen LogP contribution in [-0.2, 0) is 28.7 Å². The molecule has 1 N–H and O–H groups in total. The summed E-state index contributed by atoms with van der Waals surface area (Å²) in [5, 5.41) is 10.4. The second-order valence-electron chi connectivity index (χ2n) is 7.47. The van der Waals surface area contributed by atoms with Crippen LogP contribution in [-0.4, -0.2) is 58.5 Å². The highest BCUT2D eigenvalue weighted by Gasteiger charge is 2.43. The van der Waals surface area contributed by atoms with E-state index < -0.39 is 30.0 Å². The molecule has 0 aromatic rings. The Bertz CT molecular complexity index is 528. The first-order chi connectivity index (χ1) is 12.1. The molecule has 1 unspecified atom stereocenters. The molecule has 2 fully saturated rings. The molecule has 0 aromatic carbocycles. The highest BCUT2D eigenvalue weighted by molar-refractivity contribution is 6.01. The fourth-order valence-corrected chi connectivity index (χ4v) is 3.34. The molecule has 0 bridgehead atoms. The molecule has 2 heterocycles. The van der Waals surface area contributed by atoms with Crippen molar-refractivity contribution in [2.45, 2.75) is 83.7 Å². The third kappa shape index (κ3) is 5.49. The van der Waals surface area contributed by atoms with E-state index in [-0.39, 0.29) is 36.9 Å². The van der Waals surface area contributed by atoms with Gasteiger partial charge in [0.1, 0.15) is 0 Å². The van der Waals surface area contributed by atoms with Gasteiger partial charge in [-0.05, 0) is 27.2 Å². The first-order valence-corrected chi connectivity index (χ1v) is 9.19. The van der Waals surface area contributed by atoms with Crippen LogP contribution in [0.15, 0.2) is 0 Å². The lowest BCUT2D eigenvalue weighted by Gasteiger charge is -2.30. The van der Waals surface area contributed by atoms with Gasteiger partial charge in [-0.1, -0.05) is 6.92 Å². The van der Waals surface area contributed by atoms with Crippen LogP contribution in [0.5, 0.6) is 0 Å². The summed E-state index contributed by atoms with van der Waals surface area (Å²) in [4.78, 5) is 40.3. The third-order valence-corrected chi connectivity index (χ3v) is 4.99. The summed E-state index contributed by atoms with van der Waals surface area (Å²) >= 11 is 0. The molecular formula is C18H29NO7. The summed E-state index contributed by atoms with van der Waals surface area (Å²) in [6.45, 7) is 8.07. The Balaban J connectivity index is 1.96. The first-order valence-electron chi connectivity index (χ1n) is 9.19. The number of amides is 2.